The minimum absolute atomic E-state index is 0.0183. The van der Waals surface area contributed by atoms with Crippen LogP contribution in [0.5, 0.6) is 11.5 Å². The summed E-state index contributed by atoms with van der Waals surface area (Å²) in [5.74, 6) is 0.483. The lowest BCUT2D eigenvalue weighted by Gasteiger charge is -2.31. The summed E-state index contributed by atoms with van der Waals surface area (Å²) in [4.78, 5) is 4.55. The zero-order valence-corrected chi connectivity index (χ0v) is 16.9. The maximum absolute atomic E-state index is 12.8. The second kappa shape index (κ2) is 11.1. The molecule has 0 radical (unpaired) electrons. The zero-order valence-electron chi connectivity index (χ0n) is 16.9. The first-order valence-corrected chi connectivity index (χ1v) is 9.89. The first-order chi connectivity index (χ1) is 13.9. The van der Waals surface area contributed by atoms with E-state index >= 15 is 0 Å². The normalized spacial score (nSPS) is 20.3. The average molecular weight is 417 g/mol. The van der Waals surface area contributed by atoms with E-state index in [1.807, 2.05) is 19.1 Å². The predicted octanol–water partition coefficient (Wildman–Crippen LogP) is 3.24. The van der Waals surface area contributed by atoms with E-state index in [-0.39, 0.29) is 32.1 Å². The van der Waals surface area contributed by atoms with Gasteiger partial charge in [0.15, 0.2) is 17.5 Å². The summed E-state index contributed by atoms with van der Waals surface area (Å²) < 4.78 is 49.2. The Morgan fingerprint density at radius 1 is 1.21 bits per heavy atom. The van der Waals surface area contributed by atoms with Crippen molar-refractivity contribution in [1.82, 2.24) is 10.6 Å². The lowest BCUT2D eigenvalue weighted by atomic mass is 9.85. The zero-order chi connectivity index (χ0) is 21.3. The quantitative estimate of drug-likeness (QED) is 0.447. The van der Waals surface area contributed by atoms with Gasteiger partial charge in [0.05, 0.1) is 26.2 Å². The third-order valence-corrected chi connectivity index (χ3v) is 4.87. The molecule has 6 nitrogen and oxygen atoms in total. The molecule has 0 aliphatic heterocycles. The Balaban J connectivity index is 1.97. The summed E-state index contributed by atoms with van der Waals surface area (Å²) in [6, 6.07) is 5.42. The van der Waals surface area contributed by atoms with Gasteiger partial charge in [-0.3, -0.25) is 0 Å². The van der Waals surface area contributed by atoms with Crippen LogP contribution in [0.25, 0.3) is 0 Å². The molecule has 164 valence electrons. The topological polar surface area (TPSA) is 75.1 Å². The highest BCUT2D eigenvalue weighted by molar-refractivity contribution is 5.80. The first-order valence-electron chi connectivity index (χ1n) is 9.89. The number of benzene rings is 1. The lowest BCUT2D eigenvalue weighted by molar-refractivity contribution is -0.182. The lowest BCUT2D eigenvalue weighted by Crippen LogP contribution is -2.45. The SMILES string of the molecule is CCNC(=NCc1ccc(OCCO)c(OC)c1)NC1CCC(C(F)(F)F)CC1. The Morgan fingerprint density at radius 3 is 2.52 bits per heavy atom. The molecule has 1 fully saturated rings. The summed E-state index contributed by atoms with van der Waals surface area (Å²) in [6.07, 6.45) is -2.87. The number of alkyl halides is 3. The fourth-order valence-electron chi connectivity index (χ4n) is 3.33. The number of methoxy groups -OCH3 is 1. The van der Waals surface area contributed by atoms with Crippen molar-refractivity contribution in [3.63, 3.8) is 0 Å². The van der Waals surface area contributed by atoms with Gasteiger partial charge in [0.1, 0.15) is 6.61 Å². The molecule has 1 aliphatic carbocycles. The summed E-state index contributed by atoms with van der Waals surface area (Å²) in [7, 11) is 1.54. The minimum Gasteiger partial charge on any atom is -0.493 e. The van der Waals surface area contributed by atoms with Gasteiger partial charge in [-0.25, -0.2) is 4.99 Å². The molecule has 3 N–H and O–H groups in total. The van der Waals surface area contributed by atoms with Crippen LogP contribution in [0.15, 0.2) is 23.2 Å². The summed E-state index contributed by atoms with van der Waals surface area (Å²) in [6.45, 7) is 3.07. The molecule has 1 aromatic rings. The number of guanidine groups is 1. The Morgan fingerprint density at radius 2 is 1.93 bits per heavy atom. The van der Waals surface area contributed by atoms with Crippen LogP contribution < -0.4 is 20.1 Å². The highest BCUT2D eigenvalue weighted by Gasteiger charge is 2.41. The summed E-state index contributed by atoms with van der Waals surface area (Å²) in [5.41, 5.74) is 0.899. The van der Waals surface area contributed by atoms with Crippen molar-refractivity contribution < 1.29 is 27.8 Å². The Kier molecular flexibility index (Phi) is 8.88. The Hall–Kier alpha value is -2.16. The van der Waals surface area contributed by atoms with Gasteiger partial charge in [-0.15, -0.1) is 0 Å². The van der Waals surface area contributed by atoms with Crippen molar-refractivity contribution in [1.29, 1.82) is 0 Å². The van der Waals surface area contributed by atoms with Crippen LogP contribution in [0.1, 0.15) is 38.2 Å². The van der Waals surface area contributed by atoms with Gasteiger partial charge in [-0.1, -0.05) is 6.07 Å². The van der Waals surface area contributed by atoms with Gasteiger partial charge in [0.25, 0.3) is 0 Å². The van der Waals surface area contributed by atoms with Crippen LogP contribution in [0.4, 0.5) is 13.2 Å². The number of nitrogens with one attached hydrogen (secondary N) is 2. The minimum atomic E-state index is -4.10. The standard InChI is InChI=1S/C20H30F3N3O3/c1-3-24-19(26-16-7-5-15(6-8-16)20(21,22)23)25-13-14-4-9-17(29-11-10-27)18(12-14)28-2/h4,9,12,15-16,27H,3,5-8,10-11,13H2,1-2H3,(H2,24,25,26). The van der Waals surface area contributed by atoms with Crippen LogP contribution in [0.2, 0.25) is 0 Å². The number of hydrogen-bond acceptors (Lipinski definition) is 4. The molecule has 1 aliphatic rings. The maximum atomic E-state index is 12.8. The number of halogens is 3. The smallest absolute Gasteiger partial charge is 0.391 e. The van der Waals surface area contributed by atoms with Crippen LogP contribution >= 0.6 is 0 Å². The van der Waals surface area contributed by atoms with Crippen LogP contribution in [0, 0.1) is 5.92 Å². The third kappa shape index (κ3) is 7.30. The van der Waals surface area contributed by atoms with E-state index in [4.69, 9.17) is 14.6 Å². The van der Waals surface area contributed by atoms with E-state index in [0.29, 0.717) is 43.4 Å². The molecular weight excluding hydrogens is 387 g/mol. The first kappa shape index (κ1) is 23.1. The number of ether oxygens (including phenoxy) is 2. The summed E-state index contributed by atoms with van der Waals surface area (Å²) >= 11 is 0. The van der Waals surface area contributed by atoms with E-state index in [1.165, 1.54) is 7.11 Å². The second-order valence-electron chi connectivity index (χ2n) is 6.99. The van der Waals surface area contributed by atoms with Gasteiger partial charge in [-0.2, -0.15) is 13.2 Å². The Bertz CT molecular complexity index is 660. The van der Waals surface area contributed by atoms with E-state index in [2.05, 4.69) is 15.6 Å². The molecular formula is C20H30F3N3O3. The molecule has 0 unspecified atom stereocenters. The van der Waals surface area contributed by atoms with Crippen molar-refractivity contribution in [2.45, 2.75) is 51.4 Å². The highest BCUT2D eigenvalue weighted by atomic mass is 19.4. The number of aliphatic imine (C=N–C) groups is 1. The molecule has 0 saturated heterocycles. The van der Waals surface area contributed by atoms with Crippen molar-refractivity contribution >= 4 is 5.96 Å². The second-order valence-corrected chi connectivity index (χ2v) is 6.99. The molecule has 0 spiro atoms. The summed E-state index contributed by atoms with van der Waals surface area (Å²) in [5, 5.41) is 15.3. The highest BCUT2D eigenvalue weighted by Crippen LogP contribution is 2.37. The molecule has 0 aromatic heterocycles. The van der Waals surface area contributed by atoms with Crippen molar-refractivity contribution in [2.75, 3.05) is 26.9 Å². The molecule has 0 heterocycles. The third-order valence-electron chi connectivity index (χ3n) is 4.87. The average Bonchev–Trinajstić information content (AvgIpc) is 2.70. The van der Waals surface area contributed by atoms with Gasteiger partial charge in [0, 0.05) is 12.6 Å². The molecule has 0 atom stereocenters. The Labute approximate surface area is 169 Å². The fourth-order valence-corrected chi connectivity index (χ4v) is 3.33. The molecule has 9 heteroatoms. The van der Waals surface area contributed by atoms with Gasteiger partial charge >= 0.3 is 6.18 Å². The van der Waals surface area contributed by atoms with Gasteiger partial charge < -0.3 is 25.2 Å². The van der Waals surface area contributed by atoms with E-state index in [9.17, 15) is 13.2 Å². The molecule has 29 heavy (non-hydrogen) atoms. The maximum Gasteiger partial charge on any atom is 0.391 e. The van der Waals surface area contributed by atoms with Crippen molar-refractivity contribution in [2.24, 2.45) is 10.9 Å². The van der Waals surface area contributed by atoms with E-state index in [0.717, 1.165) is 5.56 Å². The van der Waals surface area contributed by atoms with Crippen molar-refractivity contribution in [3.8, 4) is 11.5 Å². The van der Waals surface area contributed by atoms with Gasteiger partial charge in [-0.05, 0) is 50.3 Å². The number of nitrogens with zero attached hydrogens (tertiary/aromatic N) is 1. The number of aliphatic hydroxyl groups is 1. The molecule has 1 saturated carbocycles. The largest absolute Gasteiger partial charge is 0.493 e. The molecule has 0 amide bonds. The van der Waals surface area contributed by atoms with Crippen LogP contribution in [0.3, 0.4) is 0 Å². The molecule has 2 rings (SSSR count). The molecule has 1 aromatic carbocycles. The molecule has 0 bridgehead atoms. The van der Waals surface area contributed by atoms with Crippen LogP contribution in [-0.4, -0.2) is 50.2 Å². The fraction of sp³-hybridized carbons (Fsp3) is 0.650. The van der Waals surface area contributed by atoms with E-state index < -0.39 is 12.1 Å². The van der Waals surface area contributed by atoms with Gasteiger partial charge in [0.2, 0.25) is 0 Å². The van der Waals surface area contributed by atoms with E-state index in [1.54, 1.807) is 6.07 Å². The predicted molar refractivity (Wildman–Crippen MR) is 105 cm³/mol. The number of rotatable bonds is 8. The number of aliphatic hydroxyl groups excluding tert-OH is 1. The van der Waals surface area contributed by atoms with Crippen molar-refractivity contribution in [3.05, 3.63) is 23.8 Å². The monoisotopic (exact) mass is 417 g/mol. The van der Waals surface area contributed by atoms with Crippen LogP contribution in [-0.2, 0) is 6.54 Å². The number of hydrogen-bond donors (Lipinski definition) is 3.